The summed E-state index contributed by atoms with van der Waals surface area (Å²) in [5.41, 5.74) is 6.95. The molecule has 1 aromatic rings. The van der Waals surface area contributed by atoms with Gasteiger partial charge in [0.25, 0.3) is 5.91 Å². The highest BCUT2D eigenvalue weighted by atomic mass is 16.4. The molecule has 0 aliphatic carbocycles. The Bertz CT molecular complexity index is 401. The van der Waals surface area contributed by atoms with Gasteiger partial charge in [-0.3, -0.25) is 9.59 Å². The average molecular weight is 236 g/mol. The zero-order chi connectivity index (χ0) is 12.8. The van der Waals surface area contributed by atoms with E-state index in [4.69, 9.17) is 10.8 Å². The Morgan fingerprint density at radius 2 is 1.88 bits per heavy atom. The molecule has 5 nitrogen and oxygen atoms in total. The van der Waals surface area contributed by atoms with Gasteiger partial charge in [-0.1, -0.05) is 12.1 Å². The number of hydrogen-bond donors (Lipinski definition) is 2. The third-order valence-corrected chi connectivity index (χ3v) is 2.44. The van der Waals surface area contributed by atoms with Crippen molar-refractivity contribution in [2.45, 2.75) is 13.0 Å². The van der Waals surface area contributed by atoms with E-state index in [1.54, 1.807) is 31.3 Å². The van der Waals surface area contributed by atoms with Crippen LogP contribution in [0.25, 0.3) is 0 Å². The summed E-state index contributed by atoms with van der Waals surface area (Å²) in [6.45, 7) is 0.635. The number of hydrogen-bond acceptors (Lipinski definition) is 3. The Morgan fingerprint density at radius 1 is 1.29 bits per heavy atom. The predicted molar refractivity (Wildman–Crippen MR) is 63.5 cm³/mol. The van der Waals surface area contributed by atoms with E-state index in [-0.39, 0.29) is 18.9 Å². The minimum Gasteiger partial charge on any atom is -0.481 e. The van der Waals surface area contributed by atoms with E-state index in [0.717, 1.165) is 5.56 Å². The van der Waals surface area contributed by atoms with Gasteiger partial charge in [-0.15, -0.1) is 0 Å². The topological polar surface area (TPSA) is 83.6 Å². The molecule has 0 saturated carbocycles. The maximum Gasteiger partial charge on any atom is 0.305 e. The van der Waals surface area contributed by atoms with E-state index in [9.17, 15) is 9.59 Å². The summed E-state index contributed by atoms with van der Waals surface area (Å²) in [5.74, 6) is -1.10. The summed E-state index contributed by atoms with van der Waals surface area (Å²) in [4.78, 5) is 23.6. The second-order valence-corrected chi connectivity index (χ2v) is 3.77. The monoisotopic (exact) mass is 236 g/mol. The molecular formula is C12H16N2O3. The van der Waals surface area contributed by atoms with Gasteiger partial charge in [-0.2, -0.15) is 0 Å². The summed E-state index contributed by atoms with van der Waals surface area (Å²) >= 11 is 0. The second kappa shape index (κ2) is 6.00. The van der Waals surface area contributed by atoms with E-state index in [1.165, 1.54) is 4.90 Å². The van der Waals surface area contributed by atoms with Gasteiger partial charge in [-0.05, 0) is 17.7 Å². The average Bonchev–Trinajstić information content (AvgIpc) is 2.35. The summed E-state index contributed by atoms with van der Waals surface area (Å²) in [6.07, 6.45) is -0.0525. The molecule has 0 radical (unpaired) electrons. The number of carboxylic acid groups (broad SMARTS) is 1. The van der Waals surface area contributed by atoms with Crippen LogP contribution >= 0.6 is 0 Å². The van der Waals surface area contributed by atoms with Crippen LogP contribution in [0.1, 0.15) is 22.3 Å². The SMILES string of the molecule is CN(CCC(=O)O)C(=O)c1ccc(CN)cc1. The van der Waals surface area contributed by atoms with E-state index < -0.39 is 5.97 Å². The number of carbonyl (C=O) groups is 2. The van der Waals surface area contributed by atoms with Crippen LogP contribution in [0.3, 0.4) is 0 Å². The van der Waals surface area contributed by atoms with Crippen molar-refractivity contribution in [2.75, 3.05) is 13.6 Å². The number of nitrogens with zero attached hydrogens (tertiary/aromatic N) is 1. The Hall–Kier alpha value is -1.88. The summed E-state index contributed by atoms with van der Waals surface area (Å²) < 4.78 is 0. The molecule has 1 amide bonds. The Kier molecular flexibility index (Phi) is 4.66. The van der Waals surface area contributed by atoms with Gasteiger partial charge in [-0.25, -0.2) is 0 Å². The molecule has 0 spiro atoms. The number of amides is 1. The largest absolute Gasteiger partial charge is 0.481 e. The van der Waals surface area contributed by atoms with Crippen molar-refractivity contribution in [3.05, 3.63) is 35.4 Å². The van der Waals surface area contributed by atoms with Crippen LogP contribution in [-0.4, -0.2) is 35.5 Å². The minimum absolute atomic E-state index is 0.0525. The van der Waals surface area contributed by atoms with E-state index in [0.29, 0.717) is 12.1 Å². The zero-order valence-electron chi connectivity index (χ0n) is 9.72. The molecule has 3 N–H and O–H groups in total. The van der Waals surface area contributed by atoms with Gasteiger partial charge >= 0.3 is 5.97 Å². The van der Waals surface area contributed by atoms with Crippen molar-refractivity contribution < 1.29 is 14.7 Å². The summed E-state index contributed by atoms with van der Waals surface area (Å²) in [7, 11) is 1.59. The zero-order valence-corrected chi connectivity index (χ0v) is 9.72. The van der Waals surface area contributed by atoms with Gasteiger partial charge in [0.05, 0.1) is 6.42 Å². The smallest absolute Gasteiger partial charge is 0.305 e. The first-order valence-corrected chi connectivity index (χ1v) is 5.31. The highest BCUT2D eigenvalue weighted by molar-refractivity contribution is 5.94. The number of carbonyl (C=O) groups excluding carboxylic acids is 1. The molecule has 0 aliphatic heterocycles. The molecule has 0 bridgehead atoms. The Morgan fingerprint density at radius 3 is 2.35 bits per heavy atom. The molecule has 5 heteroatoms. The quantitative estimate of drug-likeness (QED) is 0.788. The van der Waals surface area contributed by atoms with Crippen LogP contribution < -0.4 is 5.73 Å². The van der Waals surface area contributed by atoms with Crippen molar-refractivity contribution in [2.24, 2.45) is 5.73 Å². The van der Waals surface area contributed by atoms with Gasteiger partial charge in [0, 0.05) is 25.7 Å². The van der Waals surface area contributed by atoms with Crippen molar-refractivity contribution in [1.82, 2.24) is 4.90 Å². The molecule has 0 fully saturated rings. The molecule has 17 heavy (non-hydrogen) atoms. The van der Waals surface area contributed by atoms with Crippen molar-refractivity contribution in [3.8, 4) is 0 Å². The van der Waals surface area contributed by atoms with E-state index >= 15 is 0 Å². The molecule has 0 heterocycles. The molecule has 1 rings (SSSR count). The normalized spacial score (nSPS) is 10.0. The van der Waals surface area contributed by atoms with Crippen LogP contribution in [0.2, 0.25) is 0 Å². The maximum atomic E-state index is 11.9. The Balaban J connectivity index is 2.64. The third-order valence-electron chi connectivity index (χ3n) is 2.44. The van der Waals surface area contributed by atoms with Crippen molar-refractivity contribution >= 4 is 11.9 Å². The first-order chi connectivity index (χ1) is 8.04. The van der Waals surface area contributed by atoms with Crippen molar-refractivity contribution in [1.29, 1.82) is 0 Å². The van der Waals surface area contributed by atoms with E-state index in [2.05, 4.69) is 0 Å². The first kappa shape index (κ1) is 13.2. The lowest BCUT2D eigenvalue weighted by Gasteiger charge is -2.16. The maximum absolute atomic E-state index is 11.9. The Labute approximate surface area is 99.8 Å². The third kappa shape index (κ3) is 3.88. The van der Waals surface area contributed by atoms with Crippen LogP contribution in [0.4, 0.5) is 0 Å². The molecule has 0 atom stereocenters. The molecular weight excluding hydrogens is 220 g/mol. The van der Waals surface area contributed by atoms with Gasteiger partial charge in [0.1, 0.15) is 0 Å². The summed E-state index contributed by atoms with van der Waals surface area (Å²) in [5, 5.41) is 8.53. The van der Waals surface area contributed by atoms with Gasteiger partial charge < -0.3 is 15.7 Å². The van der Waals surface area contributed by atoms with Gasteiger partial charge in [0.2, 0.25) is 0 Å². The number of aliphatic carboxylic acids is 1. The second-order valence-electron chi connectivity index (χ2n) is 3.77. The summed E-state index contributed by atoms with van der Waals surface area (Å²) in [6, 6.07) is 6.97. The standard InChI is InChI=1S/C12H16N2O3/c1-14(7-6-11(15)16)12(17)10-4-2-9(8-13)3-5-10/h2-5H,6-8,13H2,1H3,(H,15,16). The van der Waals surface area contributed by atoms with Gasteiger partial charge in [0.15, 0.2) is 0 Å². The van der Waals surface area contributed by atoms with E-state index in [1.807, 2.05) is 0 Å². The van der Waals surface area contributed by atoms with Crippen LogP contribution in [0.15, 0.2) is 24.3 Å². The molecule has 92 valence electrons. The molecule has 0 aliphatic rings. The lowest BCUT2D eigenvalue weighted by Crippen LogP contribution is -2.29. The number of benzene rings is 1. The van der Waals surface area contributed by atoms with Crippen LogP contribution in [0, 0.1) is 0 Å². The molecule has 0 saturated heterocycles. The lowest BCUT2D eigenvalue weighted by molar-refractivity contribution is -0.137. The predicted octanol–water partition coefficient (Wildman–Crippen LogP) is 0.692. The lowest BCUT2D eigenvalue weighted by atomic mass is 10.1. The highest BCUT2D eigenvalue weighted by Gasteiger charge is 2.12. The fourth-order valence-corrected chi connectivity index (χ4v) is 1.37. The van der Waals surface area contributed by atoms with Crippen LogP contribution in [-0.2, 0) is 11.3 Å². The van der Waals surface area contributed by atoms with Crippen LogP contribution in [0.5, 0.6) is 0 Å². The minimum atomic E-state index is -0.914. The molecule has 0 unspecified atom stereocenters. The fourth-order valence-electron chi connectivity index (χ4n) is 1.37. The number of nitrogens with two attached hydrogens (primary N) is 1. The highest BCUT2D eigenvalue weighted by Crippen LogP contribution is 2.06. The molecule has 0 aromatic heterocycles. The van der Waals surface area contributed by atoms with Crippen molar-refractivity contribution in [3.63, 3.8) is 0 Å². The first-order valence-electron chi connectivity index (χ1n) is 5.31. The number of carboxylic acids is 1. The fraction of sp³-hybridized carbons (Fsp3) is 0.333. The molecule has 1 aromatic carbocycles. The number of rotatable bonds is 5.